The van der Waals surface area contributed by atoms with E-state index in [-0.39, 0.29) is 0 Å². The van der Waals surface area contributed by atoms with E-state index in [0.29, 0.717) is 0 Å². The third-order valence-electron chi connectivity index (χ3n) is 2.56. The molecule has 0 heterocycles. The number of hydrogen-bond acceptors (Lipinski definition) is 9. The summed E-state index contributed by atoms with van der Waals surface area (Å²) in [6.07, 6.45) is -13.1. The van der Waals surface area contributed by atoms with Crippen LogP contribution in [0.4, 0.5) is 0 Å². The second kappa shape index (κ2) is 6.05. The summed E-state index contributed by atoms with van der Waals surface area (Å²) in [6, 6.07) is 0. The van der Waals surface area contributed by atoms with Crippen molar-refractivity contribution in [3.05, 3.63) is 0 Å². The summed E-state index contributed by atoms with van der Waals surface area (Å²) in [5, 5.41) is 37.9. The van der Waals surface area contributed by atoms with Gasteiger partial charge in [0.1, 0.15) is 36.6 Å². The molecule has 120 valence electrons. The van der Waals surface area contributed by atoms with Gasteiger partial charge in [0.2, 0.25) is 0 Å². The lowest BCUT2D eigenvalue weighted by atomic mass is 9.85. The van der Waals surface area contributed by atoms with Gasteiger partial charge < -0.3 is 44.5 Å². The van der Waals surface area contributed by atoms with Gasteiger partial charge in [0.05, 0.1) is 0 Å². The number of hydrogen-bond donors (Lipinski definition) is 7. The average Bonchev–Trinajstić information content (AvgIpc) is 2.25. The standard InChI is InChI=1S/C6H14O12P2/c7-1-2(8)5(17-19(11,12)13)4(10)6(3(1)9)18-20(14,15)16/h1-10H,(H2,11,12,13)(H2,14,15,16)/p-1/t1?,2-,3-,4?,5-,6?/m0/s1. The Hall–Kier alpha value is 0.0600. The third-order valence-corrected chi connectivity index (χ3v) is 3.59. The molecule has 0 bridgehead atoms. The zero-order valence-electron chi connectivity index (χ0n) is 9.53. The lowest BCUT2D eigenvalue weighted by Crippen LogP contribution is -2.64. The van der Waals surface area contributed by atoms with Crippen molar-refractivity contribution in [1.29, 1.82) is 0 Å². The fourth-order valence-electron chi connectivity index (χ4n) is 1.74. The summed E-state index contributed by atoms with van der Waals surface area (Å²) in [5.41, 5.74) is 0. The molecule has 1 saturated carbocycles. The Morgan fingerprint density at radius 2 is 1.15 bits per heavy atom. The van der Waals surface area contributed by atoms with Crippen LogP contribution in [0.5, 0.6) is 0 Å². The van der Waals surface area contributed by atoms with E-state index in [4.69, 9.17) is 14.7 Å². The van der Waals surface area contributed by atoms with Gasteiger partial charge in [-0.25, -0.2) is 4.57 Å². The highest BCUT2D eigenvalue weighted by Crippen LogP contribution is 2.44. The number of phosphoric acid groups is 2. The fourth-order valence-corrected chi connectivity index (χ4v) is 2.87. The minimum atomic E-state index is -5.45. The molecule has 20 heavy (non-hydrogen) atoms. The van der Waals surface area contributed by atoms with Crippen LogP contribution in [-0.4, -0.2) is 71.7 Å². The molecule has 1 aliphatic rings. The van der Waals surface area contributed by atoms with E-state index in [1.54, 1.807) is 0 Å². The van der Waals surface area contributed by atoms with E-state index >= 15 is 0 Å². The van der Waals surface area contributed by atoms with Crippen molar-refractivity contribution in [2.24, 2.45) is 0 Å². The maximum absolute atomic E-state index is 10.7. The molecule has 0 radical (unpaired) electrons. The third kappa shape index (κ3) is 4.53. The predicted octanol–water partition coefficient (Wildman–Crippen LogP) is -4.23. The number of phosphoric ester groups is 2. The highest BCUT2D eigenvalue weighted by atomic mass is 31.2. The molecule has 1 aliphatic carbocycles. The van der Waals surface area contributed by atoms with Crippen molar-refractivity contribution in [2.45, 2.75) is 36.6 Å². The van der Waals surface area contributed by atoms with Gasteiger partial charge in [-0.2, -0.15) is 0 Å². The van der Waals surface area contributed by atoms with Gasteiger partial charge in [-0.3, -0.25) is 9.09 Å². The van der Waals surface area contributed by atoms with Gasteiger partial charge in [-0.05, 0) is 0 Å². The Balaban J connectivity index is 3.02. The molecule has 0 aliphatic heterocycles. The predicted molar refractivity (Wildman–Crippen MR) is 55.6 cm³/mol. The van der Waals surface area contributed by atoms with Crippen LogP contribution in [-0.2, 0) is 18.2 Å². The SMILES string of the molecule is O=P([O-])(O)OC1C(O)[C@@H](OP(=O)(O)O)[C@@H](O)C(O)[C@@H]1O. The van der Waals surface area contributed by atoms with Crippen LogP contribution >= 0.6 is 15.6 Å². The first-order chi connectivity index (χ1) is 8.83. The van der Waals surface area contributed by atoms with Gasteiger partial charge in [-0.1, -0.05) is 0 Å². The second-order valence-electron chi connectivity index (χ2n) is 4.06. The number of aliphatic hydroxyl groups excluding tert-OH is 4. The topological polar surface area (TPSA) is 217 Å². The molecule has 0 saturated heterocycles. The highest BCUT2D eigenvalue weighted by Gasteiger charge is 2.52. The van der Waals surface area contributed by atoms with E-state index in [0.717, 1.165) is 0 Å². The van der Waals surface area contributed by atoms with E-state index in [1.807, 2.05) is 0 Å². The molecule has 7 N–H and O–H groups in total. The molecule has 0 aromatic heterocycles. The smallest absolute Gasteiger partial charge is 0.470 e. The Kier molecular flexibility index (Phi) is 5.48. The summed E-state index contributed by atoms with van der Waals surface area (Å²) in [7, 11) is -10.7. The van der Waals surface area contributed by atoms with Crippen molar-refractivity contribution in [2.75, 3.05) is 0 Å². The van der Waals surface area contributed by atoms with Crippen LogP contribution in [0.3, 0.4) is 0 Å². The Morgan fingerprint density at radius 1 is 0.750 bits per heavy atom. The minimum absolute atomic E-state index is 2.14. The maximum atomic E-state index is 10.7. The summed E-state index contributed by atoms with van der Waals surface area (Å²) in [5.74, 6) is 0. The molecule has 14 heteroatoms. The second-order valence-corrected chi connectivity index (χ2v) is 6.40. The molecule has 4 unspecified atom stereocenters. The first kappa shape index (κ1) is 18.1. The van der Waals surface area contributed by atoms with Gasteiger partial charge in [-0.15, -0.1) is 0 Å². The van der Waals surface area contributed by atoms with Crippen molar-refractivity contribution in [1.82, 2.24) is 0 Å². The van der Waals surface area contributed by atoms with E-state index in [2.05, 4.69) is 9.05 Å². The van der Waals surface area contributed by atoms with Crippen molar-refractivity contribution < 1.29 is 58.2 Å². The quantitative estimate of drug-likeness (QED) is 0.242. The Morgan fingerprint density at radius 3 is 1.50 bits per heavy atom. The maximum Gasteiger partial charge on any atom is 0.470 e. The molecule has 0 spiro atoms. The van der Waals surface area contributed by atoms with E-state index in [9.17, 15) is 34.4 Å². The molecule has 0 amide bonds. The summed E-state index contributed by atoms with van der Waals surface area (Å²) < 4.78 is 29.2. The van der Waals surface area contributed by atoms with Crippen molar-refractivity contribution in [3.63, 3.8) is 0 Å². The van der Waals surface area contributed by atoms with Crippen molar-refractivity contribution >= 4 is 15.6 Å². The minimum Gasteiger partial charge on any atom is -0.756 e. The lowest BCUT2D eigenvalue weighted by molar-refractivity contribution is -0.255. The zero-order chi connectivity index (χ0) is 15.9. The molecule has 12 nitrogen and oxygen atoms in total. The summed E-state index contributed by atoms with van der Waals surface area (Å²) >= 11 is 0. The summed E-state index contributed by atoms with van der Waals surface area (Å²) in [6.45, 7) is 0. The van der Waals surface area contributed by atoms with E-state index < -0.39 is 52.3 Å². The van der Waals surface area contributed by atoms with Crippen LogP contribution in [0, 0.1) is 0 Å². The van der Waals surface area contributed by atoms with Crippen LogP contribution < -0.4 is 4.89 Å². The van der Waals surface area contributed by atoms with Crippen LogP contribution in [0.15, 0.2) is 0 Å². The molecule has 1 fully saturated rings. The molecule has 0 aromatic rings. The van der Waals surface area contributed by atoms with Gasteiger partial charge in [0.15, 0.2) is 0 Å². The van der Waals surface area contributed by atoms with Gasteiger partial charge in [0, 0.05) is 0 Å². The number of aliphatic hydroxyl groups is 4. The Bertz CT molecular complexity index is 390. The fraction of sp³-hybridized carbons (Fsp3) is 1.00. The summed E-state index contributed by atoms with van der Waals surface area (Å²) in [4.78, 5) is 36.2. The normalized spacial score (nSPS) is 42.2. The van der Waals surface area contributed by atoms with Crippen molar-refractivity contribution in [3.8, 4) is 0 Å². The molecular weight excluding hydrogens is 326 g/mol. The highest BCUT2D eigenvalue weighted by molar-refractivity contribution is 7.46. The first-order valence-electron chi connectivity index (χ1n) is 5.02. The Labute approximate surface area is 111 Å². The van der Waals surface area contributed by atoms with Crippen LogP contribution in [0.25, 0.3) is 0 Å². The zero-order valence-corrected chi connectivity index (χ0v) is 11.3. The molecule has 1 rings (SSSR count). The largest absolute Gasteiger partial charge is 0.756 e. The first-order valence-corrected chi connectivity index (χ1v) is 8.04. The van der Waals surface area contributed by atoms with Crippen LogP contribution in [0.2, 0.25) is 0 Å². The lowest BCUT2D eigenvalue weighted by Gasteiger charge is -2.43. The average molecular weight is 339 g/mol. The molecular formula is C6H13O12P2-. The monoisotopic (exact) mass is 339 g/mol. The number of rotatable bonds is 4. The van der Waals surface area contributed by atoms with Gasteiger partial charge >= 0.3 is 7.82 Å². The molecule has 7 atom stereocenters. The molecule has 0 aromatic carbocycles. The van der Waals surface area contributed by atoms with Gasteiger partial charge in [0.25, 0.3) is 7.82 Å². The van der Waals surface area contributed by atoms with E-state index in [1.165, 1.54) is 0 Å². The van der Waals surface area contributed by atoms with Crippen LogP contribution in [0.1, 0.15) is 0 Å².